The van der Waals surface area contributed by atoms with Crippen LogP contribution in [-0.4, -0.2) is 11.3 Å². The van der Waals surface area contributed by atoms with E-state index in [1.54, 1.807) is 76.2 Å². The molecule has 3 aliphatic rings. The van der Waals surface area contributed by atoms with Crippen molar-refractivity contribution in [1.29, 1.82) is 0 Å². The number of fused-ring (bicyclic) bond motifs is 13. The molecule has 0 spiro atoms. The summed E-state index contributed by atoms with van der Waals surface area (Å²) < 4.78 is 252. The van der Waals surface area contributed by atoms with Gasteiger partial charge >= 0.3 is 0 Å². The minimum absolute atomic E-state index is 0.0136. The molecule has 0 fully saturated rings. The Morgan fingerprint density at radius 3 is 1.78 bits per heavy atom. The molecule has 4 nitrogen and oxygen atoms in total. The van der Waals surface area contributed by atoms with Gasteiger partial charge in [0, 0.05) is 64.8 Å². The molecule has 0 saturated carbocycles. The van der Waals surface area contributed by atoms with E-state index in [0.717, 1.165) is 20.8 Å². The fraction of sp³-hybridized carbons (Fsp3) is 0.238. The molecular weight excluding hydrogens is 858 g/mol. The smallest absolute Gasteiger partial charge is 0.269 e. The van der Waals surface area contributed by atoms with Crippen molar-refractivity contribution in [3.05, 3.63) is 179 Å². The average Bonchev–Trinajstić information content (AvgIpc) is 1.40. The first-order valence-corrected chi connectivity index (χ1v) is 23.5. The third kappa shape index (κ3) is 6.00. The molecular formula is C63H58BN3OS. The summed E-state index contributed by atoms with van der Waals surface area (Å²) in [6, 6.07) is -16.4. The molecule has 0 N–H and O–H groups in total. The van der Waals surface area contributed by atoms with Gasteiger partial charge in [0.2, 0.25) is 5.88 Å². The number of para-hydroxylation sites is 2. The lowest BCUT2D eigenvalue weighted by atomic mass is 9.36. The second kappa shape index (κ2) is 14.2. The van der Waals surface area contributed by atoms with Crippen LogP contribution < -0.4 is 25.5 Å². The fourth-order valence-corrected chi connectivity index (χ4v) is 11.2. The van der Waals surface area contributed by atoms with E-state index in [0.29, 0.717) is 0 Å². The predicted molar refractivity (Wildman–Crippen MR) is 296 cm³/mol. The molecule has 0 saturated heterocycles. The summed E-state index contributed by atoms with van der Waals surface area (Å²) in [5.74, 6) is -0.526. The summed E-state index contributed by atoms with van der Waals surface area (Å²) in [7, 11) is 0. The quantitative estimate of drug-likeness (QED) is 0.165. The van der Waals surface area contributed by atoms with Gasteiger partial charge in [0.05, 0.1) is 56.9 Å². The number of benzene rings is 7. The fourth-order valence-electron chi connectivity index (χ4n) is 10.0. The highest BCUT2D eigenvalue weighted by molar-refractivity contribution is 7.34. The monoisotopic (exact) mass is 941 g/mol. The number of anilines is 6. The van der Waals surface area contributed by atoms with Gasteiger partial charge in [-0.1, -0.05) is 167 Å². The first-order chi connectivity index (χ1) is 43.3. The van der Waals surface area contributed by atoms with Gasteiger partial charge in [-0.05, 0) is 110 Å². The van der Waals surface area contributed by atoms with Crippen LogP contribution in [0.4, 0.5) is 34.3 Å². The molecule has 0 unspecified atom stereocenters. The molecule has 2 aliphatic heterocycles. The van der Waals surface area contributed by atoms with Gasteiger partial charge in [0.15, 0.2) is 0 Å². The number of rotatable bonds is 3. The number of nitrogens with zero attached hydrogens (tertiary/aromatic N) is 3. The third-order valence-corrected chi connectivity index (χ3v) is 14.6. The normalized spacial score (nSPS) is 20.0. The van der Waals surface area contributed by atoms with Crippen LogP contribution in [-0.2, 0) is 21.7 Å². The van der Waals surface area contributed by atoms with Gasteiger partial charge in [0.1, 0.15) is 5.58 Å². The SMILES string of the molecule is [2H]c1c([2H])c([2H])c2c(c1[2H])-c1c(c3c([2H])c([2H])c([2H])c([2H])c3n1-c1c([2H])c3c4c(c1[2H])N(c1c([2H])c([2H])c(C(C)(C)C)c([2H])c1[2H])c1c(sc5c([2H])c([2H])c(C(C)(C)C)c([2H])c15)B4c1c(oc4c([2H])c([2H])c([2H])c([2H])c14)N3c1c([2H])c([2H])c(C(C)(C)C)c([2H])c1[2H])C2(C)C. The van der Waals surface area contributed by atoms with Crippen LogP contribution in [0.5, 0.6) is 0 Å². The molecule has 69 heavy (non-hydrogen) atoms. The Kier molecular flexibility index (Phi) is 4.87. The summed E-state index contributed by atoms with van der Waals surface area (Å²) >= 11 is 0.825. The highest BCUT2D eigenvalue weighted by Gasteiger charge is 2.49. The summed E-state index contributed by atoms with van der Waals surface area (Å²) in [4.78, 5) is 2.19. The highest BCUT2D eigenvalue weighted by Crippen LogP contribution is 2.56. The average molecular weight is 941 g/mol. The lowest BCUT2D eigenvalue weighted by molar-refractivity contribution is 0.590. The summed E-state index contributed by atoms with van der Waals surface area (Å²) in [5, 5.41) is -0.670. The molecule has 1 aliphatic carbocycles. The van der Waals surface area contributed by atoms with Gasteiger partial charge in [-0.3, -0.25) is 4.90 Å². The van der Waals surface area contributed by atoms with E-state index in [1.807, 2.05) is 0 Å². The molecule has 3 aromatic heterocycles. The Morgan fingerprint density at radius 2 is 1.12 bits per heavy atom. The maximum atomic E-state index is 11.3. The van der Waals surface area contributed by atoms with Crippen molar-refractivity contribution in [2.75, 3.05) is 9.80 Å². The van der Waals surface area contributed by atoms with Gasteiger partial charge in [-0.2, -0.15) is 0 Å². The highest BCUT2D eigenvalue weighted by atomic mass is 32.1. The number of hydrogen-bond acceptors (Lipinski definition) is 4. The minimum Gasteiger partial charge on any atom is -0.440 e. The van der Waals surface area contributed by atoms with Crippen LogP contribution in [0.2, 0.25) is 0 Å². The van der Waals surface area contributed by atoms with Gasteiger partial charge in [-0.25, -0.2) is 0 Å². The Balaban J connectivity index is 1.40. The maximum Gasteiger partial charge on any atom is 0.269 e. The van der Waals surface area contributed by atoms with E-state index in [9.17, 15) is 28.8 Å². The van der Waals surface area contributed by atoms with Crippen molar-refractivity contribution in [3.63, 3.8) is 0 Å². The van der Waals surface area contributed by atoms with Crippen molar-refractivity contribution < 1.29 is 38.7 Å². The van der Waals surface area contributed by atoms with Crippen molar-refractivity contribution >= 4 is 100 Å². The second-order valence-corrected chi connectivity index (χ2v) is 22.5. The van der Waals surface area contributed by atoms with E-state index in [2.05, 4.69) is 0 Å². The third-order valence-electron chi connectivity index (χ3n) is 13.4. The van der Waals surface area contributed by atoms with E-state index in [4.69, 9.17) is 9.90 Å². The van der Waals surface area contributed by atoms with E-state index in [-0.39, 0.29) is 93.4 Å². The number of hydrogen-bond donors (Lipinski definition) is 0. The van der Waals surface area contributed by atoms with Crippen LogP contribution in [0, 0.1) is 0 Å². The Hall–Kier alpha value is -6.76. The van der Waals surface area contributed by atoms with Gasteiger partial charge < -0.3 is 13.9 Å². The first kappa shape index (κ1) is 23.7. The lowest BCUT2D eigenvalue weighted by Crippen LogP contribution is -2.60. The largest absolute Gasteiger partial charge is 0.440 e. The van der Waals surface area contributed by atoms with Crippen LogP contribution in [0.1, 0.15) is 138 Å². The number of thiophene rings is 1. The molecule has 0 amide bonds. The topological polar surface area (TPSA) is 24.6 Å². The summed E-state index contributed by atoms with van der Waals surface area (Å²) in [6.45, 7) is 16.8. The molecule has 6 heteroatoms. The molecule has 5 heterocycles. The molecule has 0 radical (unpaired) electrons. The molecule has 0 bridgehead atoms. The zero-order chi connectivity index (χ0) is 69.4. The van der Waals surface area contributed by atoms with Crippen molar-refractivity contribution in [2.24, 2.45) is 0 Å². The van der Waals surface area contributed by atoms with Crippen LogP contribution >= 0.6 is 11.3 Å². The van der Waals surface area contributed by atoms with Gasteiger partial charge in [-0.15, -0.1) is 11.3 Å². The maximum absolute atomic E-state index is 11.3. The molecule has 10 aromatic rings. The summed E-state index contributed by atoms with van der Waals surface area (Å²) in [6.07, 6.45) is 0. The zero-order valence-corrected chi connectivity index (χ0v) is 40.6. The van der Waals surface area contributed by atoms with Crippen LogP contribution in [0.3, 0.4) is 0 Å². The van der Waals surface area contributed by atoms with Crippen LogP contribution in [0.15, 0.2) is 155 Å². The molecule has 13 rings (SSSR count). The molecule has 7 aromatic carbocycles. The minimum atomic E-state index is -1.66. The first-order valence-electron chi connectivity index (χ1n) is 35.2. The Labute approximate surface area is 446 Å². The lowest BCUT2D eigenvalue weighted by Gasteiger charge is -2.42. The van der Waals surface area contributed by atoms with Crippen LogP contribution in [0.25, 0.3) is 48.9 Å². The van der Waals surface area contributed by atoms with E-state index < -0.39 is 213 Å². The van der Waals surface area contributed by atoms with Gasteiger partial charge in [0.25, 0.3) is 6.71 Å². The number of aromatic nitrogens is 1. The summed E-state index contributed by atoms with van der Waals surface area (Å²) in [5.41, 5.74) is -9.86. The van der Waals surface area contributed by atoms with E-state index >= 15 is 0 Å². The Bertz CT molecular complexity index is 5220. The molecule has 0 atom stereocenters. The standard InChI is InChI=1S/C63H58BN3OS/c1-60(2,3)37-24-29-40(30-25-37)65-49-35-42(66-48-22-16-13-19-44(48)53-56(66)43-18-12-15-21-47(43)63(53,10)11)36-50-55(49)64(58-57(65)46-34-39(62(7,8)9)28-33-52(46)69-58)54-45-20-14-17-23-51(45)68-59(54)67(50)41-31-26-38(27-32-41)61(4,5)6/h12-36H,1-11H3/i12D,13D,14D,15D,16D,17D,18D,19D,20D,21D,22D,23D,24D,25D,26D,27D,28D,29D,30D,31D,32D,33D,34D,35D,36D. The van der Waals surface area contributed by atoms with Crippen molar-refractivity contribution in [3.8, 4) is 16.9 Å². The van der Waals surface area contributed by atoms with E-state index in [1.165, 1.54) is 4.90 Å². The zero-order valence-electron chi connectivity index (χ0n) is 64.7. The van der Waals surface area contributed by atoms with Crippen molar-refractivity contribution in [2.45, 2.75) is 97.8 Å². The Morgan fingerprint density at radius 1 is 0.551 bits per heavy atom. The second-order valence-electron chi connectivity index (χ2n) is 21.5. The number of furan rings is 1. The van der Waals surface area contributed by atoms with Crippen molar-refractivity contribution in [1.82, 2.24) is 4.57 Å². The predicted octanol–water partition coefficient (Wildman–Crippen LogP) is 15.9. The molecule has 340 valence electrons.